The summed E-state index contributed by atoms with van der Waals surface area (Å²) in [5.41, 5.74) is 3.80. The first-order valence-electron chi connectivity index (χ1n) is 11.9. The van der Waals surface area contributed by atoms with E-state index >= 15 is 0 Å². The highest BCUT2D eigenvalue weighted by molar-refractivity contribution is 6.02. The Kier molecular flexibility index (Phi) is 8.52. The summed E-state index contributed by atoms with van der Waals surface area (Å²) in [6.45, 7) is 7.36. The van der Waals surface area contributed by atoms with E-state index in [0.29, 0.717) is 11.1 Å². The number of carbonyl (C=O) groups is 2. The Morgan fingerprint density at radius 2 is 1.74 bits per heavy atom. The fourth-order valence-corrected chi connectivity index (χ4v) is 4.13. The van der Waals surface area contributed by atoms with Gasteiger partial charge in [0.15, 0.2) is 12.4 Å². The number of pyridine rings is 1. The average molecular weight is 465 g/mol. The van der Waals surface area contributed by atoms with Crippen molar-refractivity contribution in [2.45, 2.75) is 59.8 Å². The highest BCUT2D eigenvalue weighted by Gasteiger charge is 2.21. The lowest BCUT2D eigenvalue weighted by molar-refractivity contribution is -0.116. The van der Waals surface area contributed by atoms with Gasteiger partial charge >= 0.3 is 0 Å². The van der Waals surface area contributed by atoms with Crippen molar-refractivity contribution in [1.29, 1.82) is 0 Å². The zero-order chi connectivity index (χ0) is 24.7. The topological polar surface area (TPSA) is 77.7 Å². The monoisotopic (exact) mass is 464 g/mol. The zero-order valence-corrected chi connectivity index (χ0v) is 20.4. The van der Waals surface area contributed by atoms with Crippen molar-refractivity contribution in [3.63, 3.8) is 0 Å². The minimum absolute atomic E-state index is 0. The van der Waals surface area contributed by atoms with Crippen LogP contribution in [-0.4, -0.2) is 28.6 Å². The number of Topliss-reactive ketones (excluding diaryl/α,β-unsaturated/α-hetero) is 2. The fourth-order valence-electron chi connectivity index (χ4n) is 4.13. The first-order valence-corrected chi connectivity index (χ1v) is 11.9. The first kappa shape index (κ1) is 25.1. The van der Waals surface area contributed by atoms with Crippen LogP contribution in [0, 0.1) is 6.92 Å². The number of aromatic nitrogens is 1. The lowest BCUT2D eigenvalue weighted by Crippen LogP contribution is -2.34. The van der Waals surface area contributed by atoms with Crippen LogP contribution in [0.4, 0.5) is 5.69 Å². The molecule has 0 saturated carbocycles. The maximum Gasteiger partial charge on any atom is 0.294 e. The number of benzene rings is 2. The van der Waals surface area contributed by atoms with Gasteiger partial charge in [-0.15, -0.1) is 4.73 Å². The lowest BCUT2D eigenvalue weighted by atomic mass is 9.99. The summed E-state index contributed by atoms with van der Waals surface area (Å²) in [6.07, 6.45) is 2.80. The lowest BCUT2D eigenvalue weighted by Gasteiger charge is -2.16. The van der Waals surface area contributed by atoms with Crippen LogP contribution in [0.3, 0.4) is 0 Å². The molecule has 0 fully saturated rings. The Morgan fingerprint density at radius 1 is 1.03 bits per heavy atom. The van der Waals surface area contributed by atoms with Crippen LogP contribution in [0.1, 0.15) is 70.8 Å². The van der Waals surface area contributed by atoms with Gasteiger partial charge in [0.1, 0.15) is 5.78 Å². The second-order valence-corrected chi connectivity index (χ2v) is 8.18. The molecule has 0 unspecified atom stereocenters. The Bertz CT molecular complexity index is 1300. The van der Waals surface area contributed by atoms with E-state index in [1.165, 1.54) is 17.2 Å². The van der Waals surface area contributed by atoms with E-state index in [0.717, 1.165) is 36.0 Å². The van der Waals surface area contributed by atoms with Crippen molar-refractivity contribution in [3.8, 4) is 0 Å². The maximum atomic E-state index is 13.3. The second kappa shape index (κ2) is 11.5. The zero-order valence-electron chi connectivity index (χ0n) is 20.4. The quantitative estimate of drug-likeness (QED) is 0.407. The molecule has 0 saturated heterocycles. The second-order valence-electron chi connectivity index (χ2n) is 8.18. The van der Waals surface area contributed by atoms with Gasteiger partial charge in [0.05, 0.1) is 22.5 Å². The fraction of sp³-hybridized carbons (Fsp3) is 0.357. The molecule has 6 heteroatoms. The normalized spacial score (nSPS) is 12.6. The number of para-hydroxylation sites is 2. The molecule has 2 aromatic carbocycles. The van der Waals surface area contributed by atoms with Gasteiger partial charge in [-0.25, -0.2) is 0 Å². The van der Waals surface area contributed by atoms with Crippen molar-refractivity contribution in [2.24, 2.45) is 4.99 Å². The molecule has 6 nitrogen and oxygen atoms in total. The average Bonchev–Trinajstić information content (AvgIpc) is 3.06. The molecule has 1 aromatic heterocycles. The van der Waals surface area contributed by atoms with E-state index in [9.17, 15) is 14.4 Å². The molecule has 0 amide bonds. The third kappa shape index (κ3) is 5.50. The summed E-state index contributed by atoms with van der Waals surface area (Å²) < 4.78 is 1.21. The van der Waals surface area contributed by atoms with E-state index in [4.69, 9.17) is 9.83 Å². The van der Waals surface area contributed by atoms with Gasteiger partial charge in [-0.05, 0) is 56.4 Å². The Hall–Kier alpha value is -3.54. The summed E-state index contributed by atoms with van der Waals surface area (Å²) in [5.74, 6) is -0.424. The SMILES string of the molecule is CC.CC(=O)CCC(=O)c1c(C)c2ccccc2n(OCC2=Nc3ccccc3CCC2)c1=O.[HH].[HH]. The van der Waals surface area contributed by atoms with Crippen molar-refractivity contribution < 1.29 is 17.3 Å². The minimum atomic E-state index is -0.496. The number of nitrogens with zero attached hydrogens (tertiary/aromatic N) is 2. The van der Waals surface area contributed by atoms with Crippen LogP contribution >= 0.6 is 0 Å². The van der Waals surface area contributed by atoms with Crippen LogP contribution in [-0.2, 0) is 11.2 Å². The molecular weight excluding hydrogens is 428 g/mol. The van der Waals surface area contributed by atoms with Gasteiger partial charge in [-0.2, -0.15) is 0 Å². The molecule has 182 valence electrons. The number of fused-ring (bicyclic) bond motifs is 2. The minimum Gasteiger partial charge on any atom is -0.404 e. The maximum absolute atomic E-state index is 13.3. The number of ketones is 2. The largest absolute Gasteiger partial charge is 0.404 e. The predicted molar refractivity (Wildman–Crippen MR) is 141 cm³/mol. The van der Waals surface area contributed by atoms with E-state index in [-0.39, 0.29) is 39.4 Å². The highest BCUT2D eigenvalue weighted by atomic mass is 16.7. The van der Waals surface area contributed by atoms with Gasteiger partial charge < -0.3 is 9.63 Å². The van der Waals surface area contributed by atoms with Gasteiger partial charge in [-0.1, -0.05) is 50.2 Å². The Balaban J connectivity index is 0.00000158. The molecule has 0 spiro atoms. The molecule has 4 rings (SSSR count). The van der Waals surface area contributed by atoms with Crippen LogP contribution in [0.5, 0.6) is 0 Å². The van der Waals surface area contributed by atoms with Crippen molar-refractivity contribution in [1.82, 2.24) is 4.73 Å². The van der Waals surface area contributed by atoms with Crippen molar-refractivity contribution >= 4 is 33.9 Å². The van der Waals surface area contributed by atoms with Gasteiger partial charge in [0, 0.05) is 21.1 Å². The highest BCUT2D eigenvalue weighted by Crippen LogP contribution is 2.25. The van der Waals surface area contributed by atoms with Gasteiger partial charge in [-0.3, -0.25) is 14.6 Å². The van der Waals surface area contributed by atoms with E-state index in [2.05, 4.69) is 6.07 Å². The van der Waals surface area contributed by atoms with Crippen LogP contribution in [0.2, 0.25) is 0 Å². The van der Waals surface area contributed by atoms with Crippen LogP contribution < -0.4 is 10.4 Å². The van der Waals surface area contributed by atoms with E-state index in [1.807, 2.05) is 50.2 Å². The standard InChI is InChI=1S/C26H26N2O4.C2H6.2H2/c1-17(29)14-15-24(30)25-18(2)21-11-4-6-13-23(21)28(26(25)31)32-16-20-10-7-9-19-8-3-5-12-22(19)27-20;1-2;;/h3-6,8,11-13H,7,9-10,14-16H2,1-2H3;1-2H3;2*1H. The molecule has 0 N–H and O–H groups in total. The molecule has 34 heavy (non-hydrogen) atoms. The summed E-state index contributed by atoms with van der Waals surface area (Å²) in [6, 6.07) is 15.4. The van der Waals surface area contributed by atoms with Crippen molar-refractivity contribution in [3.05, 3.63) is 75.6 Å². The predicted octanol–water partition coefficient (Wildman–Crippen LogP) is 5.92. The van der Waals surface area contributed by atoms with Gasteiger partial charge in [0.25, 0.3) is 5.56 Å². The number of aliphatic imine (C=N–C) groups is 1. The molecule has 0 atom stereocenters. The summed E-state index contributed by atoms with van der Waals surface area (Å²) >= 11 is 0. The van der Waals surface area contributed by atoms with Crippen LogP contribution in [0.25, 0.3) is 10.9 Å². The number of rotatable bonds is 7. The van der Waals surface area contributed by atoms with Crippen LogP contribution in [0.15, 0.2) is 58.3 Å². The molecule has 1 aliphatic rings. The number of hydrogen-bond donors (Lipinski definition) is 0. The Labute approximate surface area is 203 Å². The third-order valence-electron chi connectivity index (χ3n) is 5.83. The van der Waals surface area contributed by atoms with Gasteiger partial charge in [0.2, 0.25) is 0 Å². The molecule has 0 radical (unpaired) electrons. The van der Waals surface area contributed by atoms with Crippen molar-refractivity contribution in [2.75, 3.05) is 6.61 Å². The summed E-state index contributed by atoms with van der Waals surface area (Å²) in [4.78, 5) is 48.2. The first-order chi connectivity index (χ1) is 16.5. The molecule has 2 heterocycles. The Morgan fingerprint density at radius 3 is 2.50 bits per heavy atom. The molecular formula is C28H36N2O4. The molecule has 0 aliphatic carbocycles. The smallest absolute Gasteiger partial charge is 0.294 e. The number of aryl methyl sites for hydroxylation is 2. The van der Waals surface area contributed by atoms with E-state index < -0.39 is 5.56 Å². The van der Waals surface area contributed by atoms with E-state index in [1.54, 1.807) is 13.0 Å². The molecule has 0 bridgehead atoms. The summed E-state index contributed by atoms with van der Waals surface area (Å²) in [5, 5.41) is 0.770. The molecule has 3 aromatic rings. The molecule has 1 aliphatic heterocycles. The summed E-state index contributed by atoms with van der Waals surface area (Å²) in [7, 11) is 0. The number of hydrogen-bond acceptors (Lipinski definition) is 5. The number of carbonyl (C=O) groups excluding carboxylic acids is 2. The third-order valence-corrected chi connectivity index (χ3v) is 5.83.